The molecule has 29 heavy (non-hydrogen) atoms. The first kappa shape index (κ1) is 20.1. The Kier molecular flexibility index (Phi) is 5.99. The van der Waals surface area contributed by atoms with Gasteiger partial charge in [0, 0.05) is 23.7 Å². The summed E-state index contributed by atoms with van der Waals surface area (Å²) < 4.78 is 1.36. The first-order valence-corrected chi connectivity index (χ1v) is 10.8. The van der Waals surface area contributed by atoms with Gasteiger partial charge in [0.25, 0.3) is 0 Å². The molecule has 1 fully saturated rings. The zero-order chi connectivity index (χ0) is 20.4. The maximum atomic E-state index is 13.2. The summed E-state index contributed by atoms with van der Waals surface area (Å²) in [5.41, 5.74) is 1.49. The number of thioether (sulfide) groups is 1. The standard InChI is InChI=1S/C20H19Cl2N5OS/c21-14-8-9-16(22)15(12-14)18-24-25-20(27(18)23)29-17(13-6-2-1-3-7-13)19(28)26-10-4-5-11-26/h1-3,6-9,12,17H,4-5,10-11,23H2/t17-/m0/s1. The van der Waals surface area contributed by atoms with Crippen molar-refractivity contribution in [1.29, 1.82) is 0 Å². The average Bonchev–Trinajstić information content (AvgIpc) is 3.39. The lowest BCUT2D eigenvalue weighted by atomic mass is 10.1. The van der Waals surface area contributed by atoms with E-state index in [4.69, 9.17) is 29.0 Å². The van der Waals surface area contributed by atoms with Gasteiger partial charge in [0.05, 0.1) is 5.02 Å². The van der Waals surface area contributed by atoms with Crippen LogP contribution in [0.2, 0.25) is 10.0 Å². The van der Waals surface area contributed by atoms with Crippen LogP contribution in [0.5, 0.6) is 0 Å². The Bertz CT molecular complexity index is 1020. The average molecular weight is 448 g/mol. The predicted molar refractivity (Wildman–Crippen MR) is 116 cm³/mol. The first-order valence-electron chi connectivity index (χ1n) is 9.21. The molecule has 1 aliphatic heterocycles. The van der Waals surface area contributed by atoms with E-state index in [0.29, 0.717) is 26.6 Å². The zero-order valence-electron chi connectivity index (χ0n) is 15.5. The minimum absolute atomic E-state index is 0.0593. The van der Waals surface area contributed by atoms with Gasteiger partial charge < -0.3 is 10.7 Å². The summed E-state index contributed by atoms with van der Waals surface area (Å²) in [5, 5.41) is 9.37. The molecular formula is C20H19Cl2N5OS. The van der Waals surface area contributed by atoms with Crippen molar-refractivity contribution >= 4 is 40.9 Å². The van der Waals surface area contributed by atoms with Crippen molar-refractivity contribution in [2.75, 3.05) is 18.9 Å². The van der Waals surface area contributed by atoms with E-state index < -0.39 is 5.25 Å². The van der Waals surface area contributed by atoms with E-state index in [0.717, 1.165) is 31.5 Å². The predicted octanol–water partition coefficient (Wildman–Crippen LogP) is 4.42. The number of hydrogen-bond acceptors (Lipinski definition) is 5. The van der Waals surface area contributed by atoms with Crippen molar-refractivity contribution in [2.45, 2.75) is 23.2 Å². The fourth-order valence-corrected chi connectivity index (χ4v) is 4.72. The summed E-state index contributed by atoms with van der Waals surface area (Å²) in [6, 6.07) is 14.7. The summed E-state index contributed by atoms with van der Waals surface area (Å²) in [4.78, 5) is 15.1. The second-order valence-electron chi connectivity index (χ2n) is 6.74. The highest BCUT2D eigenvalue weighted by Gasteiger charge is 2.30. The minimum Gasteiger partial charge on any atom is -0.341 e. The molecule has 150 valence electrons. The molecule has 2 heterocycles. The minimum atomic E-state index is -0.455. The van der Waals surface area contributed by atoms with Crippen molar-refractivity contribution in [3.63, 3.8) is 0 Å². The number of amides is 1. The van der Waals surface area contributed by atoms with E-state index in [1.165, 1.54) is 16.4 Å². The molecule has 1 atom stereocenters. The third kappa shape index (κ3) is 4.22. The van der Waals surface area contributed by atoms with Gasteiger partial charge in [-0.2, -0.15) is 0 Å². The van der Waals surface area contributed by atoms with Crippen LogP contribution in [0.15, 0.2) is 53.7 Å². The van der Waals surface area contributed by atoms with Crippen LogP contribution in [0.1, 0.15) is 23.7 Å². The van der Waals surface area contributed by atoms with Gasteiger partial charge in [0.15, 0.2) is 5.82 Å². The number of halogens is 2. The number of hydrogen-bond donors (Lipinski definition) is 1. The van der Waals surface area contributed by atoms with E-state index in [2.05, 4.69) is 10.2 Å². The number of nitrogens with zero attached hydrogens (tertiary/aromatic N) is 4. The Labute approximate surface area is 183 Å². The van der Waals surface area contributed by atoms with Crippen LogP contribution in [-0.4, -0.2) is 38.8 Å². The van der Waals surface area contributed by atoms with Crippen LogP contribution in [0.3, 0.4) is 0 Å². The van der Waals surface area contributed by atoms with Gasteiger partial charge in [-0.05, 0) is 36.6 Å². The molecule has 9 heteroatoms. The largest absolute Gasteiger partial charge is 0.341 e. The molecule has 4 rings (SSSR count). The molecule has 0 spiro atoms. The number of nitrogen functional groups attached to an aromatic ring is 1. The molecule has 6 nitrogen and oxygen atoms in total. The van der Waals surface area contributed by atoms with Gasteiger partial charge >= 0.3 is 0 Å². The van der Waals surface area contributed by atoms with Crippen LogP contribution in [0, 0.1) is 0 Å². The molecule has 0 unspecified atom stereocenters. The van der Waals surface area contributed by atoms with E-state index in [1.807, 2.05) is 35.2 Å². The third-order valence-electron chi connectivity index (χ3n) is 4.80. The number of benzene rings is 2. The zero-order valence-corrected chi connectivity index (χ0v) is 17.8. The second kappa shape index (κ2) is 8.65. The quantitative estimate of drug-likeness (QED) is 0.462. The molecule has 2 aromatic carbocycles. The summed E-state index contributed by atoms with van der Waals surface area (Å²) in [6.07, 6.45) is 2.06. The molecule has 1 aromatic heterocycles. The summed E-state index contributed by atoms with van der Waals surface area (Å²) in [7, 11) is 0. The van der Waals surface area contributed by atoms with Crippen LogP contribution in [-0.2, 0) is 4.79 Å². The molecule has 3 aromatic rings. The number of likely N-dealkylation sites (tertiary alicyclic amines) is 1. The molecule has 0 radical (unpaired) electrons. The topological polar surface area (TPSA) is 77.0 Å². The molecule has 0 bridgehead atoms. The summed E-state index contributed by atoms with van der Waals surface area (Å²) in [6.45, 7) is 1.56. The lowest BCUT2D eigenvalue weighted by molar-refractivity contribution is -0.129. The maximum absolute atomic E-state index is 13.2. The summed E-state index contributed by atoms with van der Waals surface area (Å²) in [5.74, 6) is 6.73. The van der Waals surface area contributed by atoms with Gasteiger partial charge in [0.2, 0.25) is 11.1 Å². The monoisotopic (exact) mass is 447 g/mol. The lowest BCUT2D eigenvalue weighted by Gasteiger charge is -2.22. The second-order valence-corrected chi connectivity index (χ2v) is 8.66. The Balaban J connectivity index is 1.67. The highest BCUT2D eigenvalue weighted by Crippen LogP contribution is 2.38. The van der Waals surface area contributed by atoms with Gasteiger partial charge in [-0.15, -0.1) is 10.2 Å². The molecule has 0 aliphatic carbocycles. The molecule has 1 amide bonds. The number of nitrogens with two attached hydrogens (primary N) is 1. The third-order valence-corrected chi connectivity index (χ3v) is 6.56. The smallest absolute Gasteiger partial charge is 0.240 e. The number of carbonyl (C=O) groups is 1. The molecular weight excluding hydrogens is 429 g/mol. The lowest BCUT2D eigenvalue weighted by Crippen LogP contribution is -2.31. The van der Waals surface area contributed by atoms with Gasteiger partial charge in [-0.1, -0.05) is 65.3 Å². The molecule has 1 aliphatic rings. The Morgan fingerprint density at radius 2 is 1.79 bits per heavy atom. The van der Waals surface area contributed by atoms with Crippen LogP contribution in [0.25, 0.3) is 11.4 Å². The van der Waals surface area contributed by atoms with Crippen LogP contribution >= 0.6 is 35.0 Å². The van der Waals surface area contributed by atoms with E-state index >= 15 is 0 Å². The Morgan fingerprint density at radius 1 is 1.07 bits per heavy atom. The number of rotatable bonds is 5. The molecule has 1 saturated heterocycles. The van der Waals surface area contributed by atoms with Gasteiger partial charge in [-0.25, -0.2) is 4.68 Å². The number of aromatic nitrogens is 3. The SMILES string of the molecule is Nn1c(S[C@H](C(=O)N2CCCC2)c2ccccc2)nnc1-c1cc(Cl)ccc1Cl. The van der Waals surface area contributed by atoms with Crippen LogP contribution in [0.4, 0.5) is 0 Å². The highest BCUT2D eigenvalue weighted by molar-refractivity contribution is 8.00. The Morgan fingerprint density at radius 3 is 2.52 bits per heavy atom. The van der Waals surface area contributed by atoms with Crippen molar-refractivity contribution in [1.82, 2.24) is 19.8 Å². The summed E-state index contributed by atoms with van der Waals surface area (Å²) >= 11 is 13.7. The van der Waals surface area contributed by atoms with Gasteiger partial charge in [-0.3, -0.25) is 4.79 Å². The van der Waals surface area contributed by atoms with Gasteiger partial charge in [0.1, 0.15) is 5.25 Å². The Hall–Kier alpha value is -2.22. The van der Waals surface area contributed by atoms with E-state index in [1.54, 1.807) is 18.2 Å². The van der Waals surface area contributed by atoms with Crippen molar-refractivity contribution in [3.8, 4) is 11.4 Å². The highest BCUT2D eigenvalue weighted by atomic mass is 35.5. The number of carbonyl (C=O) groups excluding carboxylic acids is 1. The van der Waals surface area contributed by atoms with Crippen molar-refractivity contribution in [3.05, 3.63) is 64.1 Å². The van der Waals surface area contributed by atoms with Crippen molar-refractivity contribution < 1.29 is 4.79 Å². The molecule has 0 saturated carbocycles. The van der Waals surface area contributed by atoms with Crippen molar-refractivity contribution in [2.24, 2.45) is 0 Å². The van der Waals surface area contributed by atoms with E-state index in [-0.39, 0.29) is 5.91 Å². The molecule has 2 N–H and O–H groups in total. The van der Waals surface area contributed by atoms with E-state index in [9.17, 15) is 4.79 Å². The van der Waals surface area contributed by atoms with Crippen LogP contribution < -0.4 is 5.84 Å². The first-order chi connectivity index (χ1) is 14.0. The fraction of sp³-hybridized carbons (Fsp3) is 0.250. The normalized spacial score (nSPS) is 14.9. The maximum Gasteiger partial charge on any atom is 0.240 e. The fourth-order valence-electron chi connectivity index (χ4n) is 3.31.